The summed E-state index contributed by atoms with van der Waals surface area (Å²) in [6.45, 7) is 5.66. The number of benzene rings is 1. The molecule has 0 aromatic heterocycles. The molecule has 0 radical (unpaired) electrons. The van der Waals surface area contributed by atoms with Gasteiger partial charge in [-0.05, 0) is 31.8 Å². The molecule has 1 aromatic carbocycles. The van der Waals surface area contributed by atoms with Gasteiger partial charge in [0.15, 0.2) is 0 Å². The molecule has 0 saturated heterocycles. The van der Waals surface area contributed by atoms with Crippen LogP contribution in [-0.2, 0) is 0 Å². The molecule has 3 nitrogen and oxygen atoms in total. The number of aliphatic hydroxyl groups excluding tert-OH is 1. The van der Waals surface area contributed by atoms with E-state index in [4.69, 9.17) is 0 Å². The predicted molar refractivity (Wildman–Crippen MR) is 79.3 cm³/mol. The zero-order valence-electron chi connectivity index (χ0n) is 13.2. The highest BCUT2D eigenvalue weighted by atomic mass is 19.3. The fraction of sp³-hybridized carbons (Fsp3) is 0.600. The van der Waals surface area contributed by atoms with Gasteiger partial charge in [0.2, 0.25) is 0 Å². The molecule has 0 spiro atoms. The maximum atomic E-state index is 11.9. The summed E-state index contributed by atoms with van der Waals surface area (Å²) in [4.78, 5) is 1.84. The molecule has 0 aliphatic rings. The van der Waals surface area contributed by atoms with Gasteiger partial charge in [0.05, 0.1) is 6.10 Å². The highest BCUT2D eigenvalue weighted by Gasteiger charge is 2.09. The normalized spacial score (nSPS) is 11.2. The lowest BCUT2D eigenvalue weighted by Crippen LogP contribution is -2.19. The minimum absolute atomic E-state index is 0.0933. The molecule has 118 valence electrons. The summed E-state index contributed by atoms with van der Waals surface area (Å²) < 4.78 is 28.0. The van der Waals surface area contributed by atoms with Crippen molar-refractivity contribution in [2.75, 3.05) is 20.6 Å². The number of hydrogen-bond donors (Lipinski definition) is 1. The van der Waals surface area contributed by atoms with E-state index >= 15 is 0 Å². The van der Waals surface area contributed by atoms with Gasteiger partial charge in [-0.1, -0.05) is 39.8 Å². The van der Waals surface area contributed by atoms with E-state index in [1.165, 1.54) is 12.1 Å². The summed E-state index contributed by atoms with van der Waals surface area (Å²) in [5.41, 5.74) is 0.676. The molecule has 1 unspecified atom stereocenters. The Kier molecular flexibility index (Phi) is 13.5. The number of halogens is 2. The van der Waals surface area contributed by atoms with Gasteiger partial charge in [0, 0.05) is 6.54 Å². The monoisotopic (exact) mass is 291 g/mol. The molecule has 0 saturated carbocycles. The number of likely N-dealkylation sites (N-methyl/N-ethyl adjacent to an activating group) is 1. The van der Waals surface area contributed by atoms with Crippen molar-refractivity contribution in [1.29, 1.82) is 0 Å². The van der Waals surface area contributed by atoms with Crippen molar-refractivity contribution >= 4 is 0 Å². The van der Waals surface area contributed by atoms with E-state index in [1.807, 2.05) is 46.7 Å². The zero-order valence-corrected chi connectivity index (χ0v) is 13.2. The first-order chi connectivity index (χ1) is 9.49. The first-order valence-corrected chi connectivity index (χ1v) is 6.86. The Hall–Kier alpha value is -1.20. The number of alkyl halides is 2. The number of aliphatic hydroxyl groups is 1. The molecule has 20 heavy (non-hydrogen) atoms. The molecule has 0 aliphatic carbocycles. The van der Waals surface area contributed by atoms with Crippen LogP contribution in [0.1, 0.15) is 39.4 Å². The van der Waals surface area contributed by atoms with Crippen LogP contribution in [0.25, 0.3) is 0 Å². The van der Waals surface area contributed by atoms with E-state index in [2.05, 4.69) is 4.74 Å². The van der Waals surface area contributed by atoms with E-state index in [-0.39, 0.29) is 5.75 Å². The van der Waals surface area contributed by atoms with Crippen LogP contribution < -0.4 is 4.74 Å². The summed E-state index contributed by atoms with van der Waals surface area (Å²) in [5.74, 6) is 0.0933. The molecule has 0 aliphatic heterocycles. The topological polar surface area (TPSA) is 32.7 Å². The van der Waals surface area contributed by atoms with E-state index in [1.54, 1.807) is 12.1 Å². The third-order valence-corrected chi connectivity index (χ3v) is 2.03. The molecule has 0 fully saturated rings. The zero-order chi connectivity index (χ0) is 16.1. The smallest absolute Gasteiger partial charge is 0.387 e. The van der Waals surface area contributed by atoms with E-state index in [0.29, 0.717) is 12.1 Å². The molecular formula is C15H27F2NO2. The van der Waals surface area contributed by atoms with Crippen molar-refractivity contribution in [3.05, 3.63) is 29.8 Å². The Morgan fingerprint density at radius 2 is 1.50 bits per heavy atom. The predicted octanol–water partition coefficient (Wildman–Crippen LogP) is 3.94. The number of hydrogen-bond acceptors (Lipinski definition) is 3. The Morgan fingerprint density at radius 3 is 1.85 bits per heavy atom. The largest absolute Gasteiger partial charge is 0.435 e. The average molecular weight is 291 g/mol. The van der Waals surface area contributed by atoms with Gasteiger partial charge in [-0.2, -0.15) is 8.78 Å². The molecule has 1 atom stereocenters. The van der Waals surface area contributed by atoms with Gasteiger partial charge >= 0.3 is 6.61 Å². The fourth-order valence-electron chi connectivity index (χ4n) is 1.32. The third-order valence-electron chi connectivity index (χ3n) is 2.03. The van der Waals surface area contributed by atoms with Crippen LogP contribution >= 0.6 is 0 Å². The summed E-state index contributed by atoms with van der Waals surface area (Å²) in [7, 11) is 3.69. The van der Waals surface area contributed by atoms with E-state index < -0.39 is 12.7 Å². The lowest BCUT2D eigenvalue weighted by Gasteiger charge is -2.16. The molecular weight excluding hydrogens is 264 g/mol. The fourth-order valence-corrected chi connectivity index (χ4v) is 1.32. The Morgan fingerprint density at radius 1 is 1.05 bits per heavy atom. The molecule has 0 heterocycles. The van der Waals surface area contributed by atoms with Gasteiger partial charge in [-0.3, -0.25) is 0 Å². The number of ether oxygens (including phenoxy) is 1. The van der Waals surface area contributed by atoms with Gasteiger partial charge in [-0.15, -0.1) is 0 Å². The molecule has 1 N–H and O–H groups in total. The third kappa shape index (κ3) is 9.69. The second-order valence-corrected chi connectivity index (χ2v) is 3.73. The van der Waals surface area contributed by atoms with Gasteiger partial charge in [0.25, 0.3) is 0 Å². The lowest BCUT2D eigenvalue weighted by molar-refractivity contribution is -0.0498. The van der Waals surface area contributed by atoms with Crippen LogP contribution in [0, 0.1) is 0 Å². The van der Waals surface area contributed by atoms with Crippen LogP contribution in [0.2, 0.25) is 0 Å². The molecule has 0 amide bonds. The van der Waals surface area contributed by atoms with Crippen molar-refractivity contribution in [1.82, 2.24) is 4.90 Å². The van der Waals surface area contributed by atoms with Gasteiger partial charge < -0.3 is 14.7 Å². The highest BCUT2D eigenvalue weighted by Crippen LogP contribution is 2.19. The summed E-state index contributed by atoms with van der Waals surface area (Å²) >= 11 is 0. The van der Waals surface area contributed by atoms with E-state index in [0.717, 1.165) is 0 Å². The minimum Gasteiger partial charge on any atom is -0.435 e. The van der Waals surface area contributed by atoms with Crippen molar-refractivity contribution in [3.8, 4) is 5.75 Å². The lowest BCUT2D eigenvalue weighted by atomic mass is 10.1. The number of nitrogens with zero attached hydrogens (tertiary/aromatic N) is 1. The Balaban J connectivity index is 0. The van der Waals surface area contributed by atoms with Crippen LogP contribution in [0.5, 0.6) is 5.75 Å². The molecule has 5 heteroatoms. The van der Waals surface area contributed by atoms with Crippen molar-refractivity contribution in [2.45, 2.75) is 40.4 Å². The highest BCUT2D eigenvalue weighted by molar-refractivity contribution is 5.28. The van der Waals surface area contributed by atoms with Crippen LogP contribution in [-0.4, -0.2) is 37.3 Å². The van der Waals surface area contributed by atoms with Crippen LogP contribution in [0.3, 0.4) is 0 Å². The van der Waals surface area contributed by atoms with Gasteiger partial charge in [-0.25, -0.2) is 0 Å². The second kappa shape index (κ2) is 12.8. The van der Waals surface area contributed by atoms with Crippen molar-refractivity contribution in [3.63, 3.8) is 0 Å². The van der Waals surface area contributed by atoms with Crippen molar-refractivity contribution in [2.24, 2.45) is 0 Å². The Labute approximate surface area is 121 Å². The van der Waals surface area contributed by atoms with Crippen LogP contribution in [0.4, 0.5) is 8.78 Å². The summed E-state index contributed by atoms with van der Waals surface area (Å²) in [6, 6.07) is 5.98. The minimum atomic E-state index is -2.82. The molecule has 1 rings (SSSR count). The summed E-state index contributed by atoms with van der Waals surface area (Å²) in [6.07, 6.45) is -0.629. The quantitative estimate of drug-likeness (QED) is 0.892. The van der Waals surface area contributed by atoms with E-state index in [9.17, 15) is 13.9 Å². The van der Waals surface area contributed by atoms with Crippen LogP contribution in [0.15, 0.2) is 24.3 Å². The van der Waals surface area contributed by atoms with Crippen molar-refractivity contribution < 1.29 is 18.6 Å². The van der Waals surface area contributed by atoms with Gasteiger partial charge in [0.1, 0.15) is 5.75 Å². The summed E-state index contributed by atoms with van der Waals surface area (Å²) in [5, 5.41) is 9.73. The average Bonchev–Trinajstić information content (AvgIpc) is 2.42. The Bertz CT molecular complexity index is 316. The number of rotatable bonds is 5. The maximum absolute atomic E-state index is 11.9. The SMILES string of the molecule is CC.CC.CN(C)CC(O)c1ccc(OC(F)F)cc1. The molecule has 1 aromatic rings. The first kappa shape index (κ1) is 21.1. The molecule has 0 bridgehead atoms. The standard InChI is InChI=1S/C11H15F2NO2.2C2H6/c1-14(2)7-10(15)8-3-5-9(6-4-8)16-11(12)13;2*1-2/h3-6,10-11,15H,7H2,1-2H3;2*1-2H3. The second-order valence-electron chi connectivity index (χ2n) is 3.73. The maximum Gasteiger partial charge on any atom is 0.387 e. The first-order valence-electron chi connectivity index (χ1n) is 6.86.